The number of ether oxygens (including phenoxy) is 1. The minimum absolute atomic E-state index is 0.0591. The van der Waals surface area contributed by atoms with Crippen LogP contribution in [0.25, 0.3) is 0 Å². The van der Waals surface area contributed by atoms with Crippen molar-refractivity contribution in [2.24, 2.45) is 0 Å². The van der Waals surface area contributed by atoms with Gasteiger partial charge in [-0.25, -0.2) is 0 Å². The predicted molar refractivity (Wildman–Crippen MR) is 70.3 cm³/mol. The number of carbonyl (C=O) groups excluding carboxylic acids is 1. The number of methoxy groups -OCH3 is 1. The van der Waals surface area contributed by atoms with E-state index in [9.17, 15) is 4.79 Å². The smallest absolute Gasteiger partial charge is 0.185 e. The Labute approximate surface area is 110 Å². The first-order chi connectivity index (χ1) is 8.70. The van der Waals surface area contributed by atoms with E-state index in [4.69, 9.17) is 16.3 Å². The third-order valence-electron chi connectivity index (χ3n) is 2.54. The lowest BCUT2D eigenvalue weighted by Crippen LogP contribution is -2.06. The topological polar surface area (TPSA) is 39.2 Å². The van der Waals surface area contributed by atoms with Crippen molar-refractivity contribution in [2.75, 3.05) is 7.11 Å². The number of Topliss-reactive ketones (excluding diaryl/α,β-unsaturated/α-hetero) is 1. The molecule has 1 aromatic heterocycles. The molecular weight excluding hydrogens is 250 g/mol. The van der Waals surface area contributed by atoms with Crippen LogP contribution in [-0.4, -0.2) is 17.9 Å². The van der Waals surface area contributed by atoms with Crippen LogP contribution in [0, 0.1) is 0 Å². The van der Waals surface area contributed by atoms with Gasteiger partial charge in [0.2, 0.25) is 0 Å². The van der Waals surface area contributed by atoms with Gasteiger partial charge in [-0.15, -0.1) is 0 Å². The molecule has 0 radical (unpaired) electrons. The van der Waals surface area contributed by atoms with Crippen molar-refractivity contribution in [3.63, 3.8) is 0 Å². The van der Waals surface area contributed by atoms with Crippen molar-refractivity contribution in [1.29, 1.82) is 0 Å². The Morgan fingerprint density at radius 1 is 1.33 bits per heavy atom. The van der Waals surface area contributed by atoms with Gasteiger partial charge in [-0.1, -0.05) is 17.7 Å². The molecular formula is C14H12ClNO2. The molecule has 0 bridgehead atoms. The Morgan fingerprint density at radius 3 is 2.83 bits per heavy atom. The van der Waals surface area contributed by atoms with E-state index in [0.29, 0.717) is 16.5 Å². The largest absolute Gasteiger partial charge is 0.496 e. The van der Waals surface area contributed by atoms with Gasteiger partial charge in [-0.05, 0) is 30.3 Å². The summed E-state index contributed by atoms with van der Waals surface area (Å²) in [6, 6.07) is 10.5. The molecule has 0 aliphatic heterocycles. The summed E-state index contributed by atoms with van der Waals surface area (Å²) in [6.45, 7) is 0. The SMILES string of the molecule is COc1ccc(Cl)cc1CC(=O)c1ccccn1. The van der Waals surface area contributed by atoms with Crippen molar-refractivity contribution < 1.29 is 9.53 Å². The van der Waals surface area contributed by atoms with E-state index < -0.39 is 0 Å². The number of aromatic nitrogens is 1. The van der Waals surface area contributed by atoms with Gasteiger partial charge in [0.1, 0.15) is 11.4 Å². The Balaban J connectivity index is 2.24. The fourth-order valence-electron chi connectivity index (χ4n) is 1.68. The highest BCUT2D eigenvalue weighted by Gasteiger charge is 2.12. The van der Waals surface area contributed by atoms with E-state index in [2.05, 4.69) is 4.98 Å². The molecule has 0 saturated heterocycles. The predicted octanol–water partition coefficient (Wildman–Crippen LogP) is 3.17. The number of benzene rings is 1. The first-order valence-corrected chi connectivity index (χ1v) is 5.85. The van der Waals surface area contributed by atoms with Gasteiger partial charge < -0.3 is 4.74 Å². The molecule has 18 heavy (non-hydrogen) atoms. The molecule has 1 aromatic carbocycles. The van der Waals surface area contributed by atoms with Crippen LogP contribution in [0.2, 0.25) is 5.02 Å². The quantitative estimate of drug-likeness (QED) is 0.794. The standard InChI is InChI=1S/C14H12ClNO2/c1-18-14-6-5-11(15)8-10(14)9-13(17)12-4-2-3-7-16-12/h2-8H,9H2,1H3. The molecule has 1 heterocycles. The third-order valence-corrected chi connectivity index (χ3v) is 2.78. The summed E-state index contributed by atoms with van der Waals surface area (Å²) in [5.74, 6) is 0.597. The maximum atomic E-state index is 12.0. The van der Waals surface area contributed by atoms with Crippen LogP contribution in [0.15, 0.2) is 42.6 Å². The molecule has 3 nitrogen and oxygen atoms in total. The van der Waals surface area contributed by atoms with Gasteiger partial charge in [0.15, 0.2) is 5.78 Å². The van der Waals surface area contributed by atoms with Crippen LogP contribution in [0.1, 0.15) is 16.1 Å². The van der Waals surface area contributed by atoms with E-state index in [1.165, 1.54) is 0 Å². The molecule has 2 rings (SSSR count). The van der Waals surface area contributed by atoms with Gasteiger partial charge in [0.05, 0.1) is 7.11 Å². The number of rotatable bonds is 4. The average Bonchev–Trinajstić information content (AvgIpc) is 2.40. The van der Waals surface area contributed by atoms with Crippen LogP contribution in [0.4, 0.5) is 0 Å². The molecule has 0 spiro atoms. The maximum absolute atomic E-state index is 12.0. The summed E-state index contributed by atoms with van der Waals surface area (Å²) in [5, 5.41) is 0.583. The number of carbonyl (C=O) groups is 1. The summed E-state index contributed by atoms with van der Waals surface area (Å²) in [6.07, 6.45) is 1.82. The van der Waals surface area contributed by atoms with Crippen molar-refractivity contribution in [3.8, 4) is 5.75 Å². The monoisotopic (exact) mass is 261 g/mol. The lowest BCUT2D eigenvalue weighted by Gasteiger charge is -2.08. The van der Waals surface area contributed by atoms with Crippen molar-refractivity contribution in [1.82, 2.24) is 4.98 Å². The fraction of sp³-hybridized carbons (Fsp3) is 0.143. The average molecular weight is 262 g/mol. The number of ketones is 1. The number of halogens is 1. The Bertz CT molecular complexity index is 555. The molecule has 4 heteroatoms. The zero-order chi connectivity index (χ0) is 13.0. The number of pyridine rings is 1. The summed E-state index contributed by atoms with van der Waals surface area (Å²) < 4.78 is 5.21. The first kappa shape index (κ1) is 12.6. The van der Waals surface area contributed by atoms with Gasteiger partial charge >= 0.3 is 0 Å². The number of hydrogen-bond acceptors (Lipinski definition) is 3. The molecule has 0 aliphatic rings. The Hall–Kier alpha value is -1.87. The summed E-state index contributed by atoms with van der Waals surface area (Å²) in [4.78, 5) is 16.1. The zero-order valence-electron chi connectivity index (χ0n) is 9.89. The van der Waals surface area contributed by atoms with Crippen LogP contribution < -0.4 is 4.74 Å². The van der Waals surface area contributed by atoms with Gasteiger partial charge in [-0.2, -0.15) is 0 Å². The van der Waals surface area contributed by atoms with Crippen molar-refractivity contribution in [2.45, 2.75) is 6.42 Å². The summed E-state index contributed by atoms with van der Waals surface area (Å²) >= 11 is 5.92. The second kappa shape index (κ2) is 5.65. The number of nitrogens with zero attached hydrogens (tertiary/aromatic N) is 1. The molecule has 0 aliphatic carbocycles. The van der Waals surface area contributed by atoms with Crippen LogP contribution >= 0.6 is 11.6 Å². The highest BCUT2D eigenvalue weighted by molar-refractivity contribution is 6.30. The maximum Gasteiger partial charge on any atom is 0.185 e. The van der Waals surface area contributed by atoms with Crippen LogP contribution in [0.5, 0.6) is 5.75 Å². The van der Waals surface area contributed by atoms with E-state index in [1.807, 2.05) is 0 Å². The van der Waals surface area contributed by atoms with Crippen LogP contribution in [-0.2, 0) is 6.42 Å². The summed E-state index contributed by atoms with van der Waals surface area (Å²) in [5.41, 5.74) is 1.21. The Morgan fingerprint density at radius 2 is 2.17 bits per heavy atom. The van der Waals surface area contributed by atoms with Crippen LogP contribution in [0.3, 0.4) is 0 Å². The first-order valence-electron chi connectivity index (χ1n) is 5.47. The highest BCUT2D eigenvalue weighted by atomic mass is 35.5. The van der Waals surface area contributed by atoms with E-state index in [-0.39, 0.29) is 12.2 Å². The molecule has 0 atom stereocenters. The number of hydrogen-bond donors (Lipinski definition) is 0. The van der Waals surface area contributed by atoms with E-state index in [1.54, 1.807) is 49.7 Å². The zero-order valence-corrected chi connectivity index (χ0v) is 10.6. The van der Waals surface area contributed by atoms with E-state index >= 15 is 0 Å². The summed E-state index contributed by atoms with van der Waals surface area (Å²) in [7, 11) is 1.57. The lowest BCUT2D eigenvalue weighted by molar-refractivity contribution is 0.0987. The van der Waals surface area contributed by atoms with Gasteiger partial charge in [0.25, 0.3) is 0 Å². The molecule has 0 N–H and O–H groups in total. The molecule has 0 saturated carbocycles. The minimum Gasteiger partial charge on any atom is -0.496 e. The lowest BCUT2D eigenvalue weighted by atomic mass is 10.1. The van der Waals surface area contributed by atoms with Gasteiger partial charge in [0, 0.05) is 23.2 Å². The fourth-order valence-corrected chi connectivity index (χ4v) is 1.87. The molecule has 92 valence electrons. The van der Waals surface area contributed by atoms with E-state index in [0.717, 1.165) is 5.56 Å². The third kappa shape index (κ3) is 2.87. The minimum atomic E-state index is -0.0591. The molecule has 0 amide bonds. The molecule has 0 unspecified atom stereocenters. The Kier molecular flexibility index (Phi) is 3.95. The molecule has 2 aromatic rings. The normalized spacial score (nSPS) is 10.1. The molecule has 0 fully saturated rings. The van der Waals surface area contributed by atoms with Crippen molar-refractivity contribution >= 4 is 17.4 Å². The van der Waals surface area contributed by atoms with Crippen molar-refractivity contribution in [3.05, 3.63) is 58.9 Å². The second-order valence-corrected chi connectivity index (χ2v) is 4.21. The van der Waals surface area contributed by atoms with Gasteiger partial charge in [-0.3, -0.25) is 9.78 Å². The second-order valence-electron chi connectivity index (χ2n) is 3.77. The highest BCUT2D eigenvalue weighted by Crippen LogP contribution is 2.23.